The molecule has 0 unspecified atom stereocenters. The van der Waals surface area contributed by atoms with Gasteiger partial charge in [-0.2, -0.15) is 0 Å². The Morgan fingerprint density at radius 3 is 2.63 bits per heavy atom. The second-order valence-electron chi connectivity index (χ2n) is 6.17. The lowest BCUT2D eigenvalue weighted by molar-refractivity contribution is 0.283. The van der Waals surface area contributed by atoms with Crippen molar-refractivity contribution in [2.24, 2.45) is 0 Å². The molecular weight excluding hydrogens is 236 g/mol. The van der Waals surface area contributed by atoms with Crippen LogP contribution >= 0.6 is 0 Å². The molecule has 3 nitrogen and oxygen atoms in total. The van der Waals surface area contributed by atoms with Crippen LogP contribution in [0.15, 0.2) is 34.7 Å². The maximum absolute atomic E-state index is 5.82. The molecule has 0 amide bonds. The number of benzene rings is 1. The van der Waals surface area contributed by atoms with Gasteiger partial charge in [-0.05, 0) is 40.0 Å². The van der Waals surface area contributed by atoms with Crippen molar-refractivity contribution in [3.8, 4) is 0 Å². The molecule has 0 atom stereocenters. The summed E-state index contributed by atoms with van der Waals surface area (Å²) in [6.07, 6.45) is 0. The number of nitrogens with zero attached hydrogens (tertiary/aromatic N) is 1. The molecule has 2 aromatic rings. The number of nitrogens with one attached hydrogen (secondary N) is 1. The summed E-state index contributed by atoms with van der Waals surface area (Å²) in [5.74, 6) is 1.03. The van der Waals surface area contributed by atoms with Crippen molar-refractivity contribution in [3.63, 3.8) is 0 Å². The molecule has 1 aromatic carbocycles. The van der Waals surface area contributed by atoms with Gasteiger partial charge in [0.2, 0.25) is 0 Å². The molecular formula is C16H24N2O. The number of fused-ring (bicyclic) bond motifs is 1. The predicted octanol–water partition coefficient (Wildman–Crippen LogP) is 3.25. The van der Waals surface area contributed by atoms with Crippen LogP contribution < -0.4 is 5.32 Å². The smallest absolute Gasteiger partial charge is 0.134 e. The number of furan rings is 1. The molecule has 0 radical (unpaired) electrons. The normalized spacial score (nSPS) is 12.5. The minimum atomic E-state index is 0.181. The van der Waals surface area contributed by atoms with Gasteiger partial charge in [0.1, 0.15) is 11.3 Å². The lowest BCUT2D eigenvalue weighted by Gasteiger charge is -2.23. The van der Waals surface area contributed by atoms with Gasteiger partial charge < -0.3 is 9.73 Å². The van der Waals surface area contributed by atoms with Gasteiger partial charge >= 0.3 is 0 Å². The third-order valence-corrected chi connectivity index (χ3v) is 3.05. The van der Waals surface area contributed by atoms with Crippen LogP contribution in [0, 0.1) is 0 Å². The summed E-state index contributed by atoms with van der Waals surface area (Å²) in [6, 6.07) is 10.3. The fraction of sp³-hybridized carbons (Fsp3) is 0.500. The molecule has 1 aromatic heterocycles. The van der Waals surface area contributed by atoms with Crippen molar-refractivity contribution in [1.29, 1.82) is 0 Å². The molecule has 0 saturated carbocycles. The largest absolute Gasteiger partial charge is 0.460 e. The zero-order valence-corrected chi connectivity index (χ0v) is 12.4. The van der Waals surface area contributed by atoms with Crippen molar-refractivity contribution in [1.82, 2.24) is 10.2 Å². The molecule has 0 saturated heterocycles. The lowest BCUT2D eigenvalue weighted by Crippen LogP contribution is -2.40. The Balaban J connectivity index is 1.86. The fourth-order valence-corrected chi connectivity index (χ4v) is 2.08. The van der Waals surface area contributed by atoms with E-state index >= 15 is 0 Å². The van der Waals surface area contributed by atoms with Crippen molar-refractivity contribution in [2.75, 3.05) is 20.1 Å². The predicted molar refractivity (Wildman–Crippen MR) is 80.3 cm³/mol. The molecule has 2 rings (SSSR count). The minimum Gasteiger partial charge on any atom is -0.460 e. The van der Waals surface area contributed by atoms with Crippen LogP contribution in [0.4, 0.5) is 0 Å². The molecule has 0 aliphatic heterocycles. The van der Waals surface area contributed by atoms with E-state index in [1.807, 2.05) is 18.2 Å². The Hall–Kier alpha value is -1.32. The number of para-hydroxylation sites is 1. The van der Waals surface area contributed by atoms with E-state index < -0.39 is 0 Å². The lowest BCUT2D eigenvalue weighted by atomic mass is 10.1. The summed E-state index contributed by atoms with van der Waals surface area (Å²) in [7, 11) is 2.12. The van der Waals surface area contributed by atoms with Crippen LogP contribution in [0.5, 0.6) is 0 Å². The van der Waals surface area contributed by atoms with Gasteiger partial charge in [0.25, 0.3) is 0 Å². The van der Waals surface area contributed by atoms with E-state index in [0.29, 0.717) is 0 Å². The van der Waals surface area contributed by atoms with Crippen molar-refractivity contribution in [2.45, 2.75) is 32.9 Å². The van der Waals surface area contributed by atoms with E-state index in [1.165, 1.54) is 5.39 Å². The summed E-state index contributed by atoms with van der Waals surface area (Å²) in [5, 5.41) is 4.67. The first-order valence-electron chi connectivity index (χ1n) is 6.85. The maximum Gasteiger partial charge on any atom is 0.134 e. The van der Waals surface area contributed by atoms with Crippen LogP contribution in [0.3, 0.4) is 0 Å². The molecule has 0 spiro atoms. The summed E-state index contributed by atoms with van der Waals surface area (Å²) < 4.78 is 5.82. The first kappa shape index (κ1) is 14.1. The van der Waals surface area contributed by atoms with E-state index in [-0.39, 0.29) is 5.54 Å². The number of hydrogen-bond donors (Lipinski definition) is 1. The van der Waals surface area contributed by atoms with Crippen LogP contribution in [-0.4, -0.2) is 30.6 Å². The van der Waals surface area contributed by atoms with Crippen molar-refractivity contribution in [3.05, 3.63) is 36.1 Å². The highest BCUT2D eigenvalue weighted by Crippen LogP contribution is 2.19. The van der Waals surface area contributed by atoms with Gasteiger partial charge in [0, 0.05) is 24.0 Å². The molecule has 1 heterocycles. The molecule has 0 aliphatic rings. The van der Waals surface area contributed by atoms with E-state index in [4.69, 9.17) is 4.42 Å². The Morgan fingerprint density at radius 1 is 1.21 bits per heavy atom. The SMILES string of the molecule is CN(CCNC(C)(C)C)Cc1cc2ccccc2o1. The first-order valence-corrected chi connectivity index (χ1v) is 6.85. The number of hydrogen-bond acceptors (Lipinski definition) is 3. The molecule has 0 aliphatic carbocycles. The van der Waals surface area contributed by atoms with Gasteiger partial charge in [-0.1, -0.05) is 18.2 Å². The summed E-state index contributed by atoms with van der Waals surface area (Å²) in [4.78, 5) is 2.27. The molecule has 104 valence electrons. The quantitative estimate of drug-likeness (QED) is 0.894. The van der Waals surface area contributed by atoms with Gasteiger partial charge in [-0.25, -0.2) is 0 Å². The minimum absolute atomic E-state index is 0.181. The Labute approximate surface area is 115 Å². The standard InChI is InChI=1S/C16H24N2O/c1-16(2,3)17-9-10-18(4)12-14-11-13-7-5-6-8-15(13)19-14/h5-8,11,17H,9-10,12H2,1-4H3. The highest BCUT2D eigenvalue weighted by atomic mass is 16.3. The van der Waals surface area contributed by atoms with E-state index in [9.17, 15) is 0 Å². The fourth-order valence-electron chi connectivity index (χ4n) is 2.08. The monoisotopic (exact) mass is 260 g/mol. The highest BCUT2D eigenvalue weighted by Gasteiger charge is 2.10. The third-order valence-electron chi connectivity index (χ3n) is 3.05. The molecule has 0 bridgehead atoms. The van der Waals surface area contributed by atoms with Crippen LogP contribution in [0.1, 0.15) is 26.5 Å². The Bertz CT molecular complexity index is 492. The molecule has 3 heteroatoms. The van der Waals surface area contributed by atoms with E-state index in [1.54, 1.807) is 0 Å². The summed E-state index contributed by atoms with van der Waals surface area (Å²) >= 11 is 0. The number of likely N-dealkylation sites (N-methyl/N-ethyl adjacent to an activating group) is 1. The average molecular weight is 260 g/mol. The molecule has 1 N–H and O–H groups in total. The highest BCUT2D eigenvalue weighted by molar-refractivity contribution is 5.77. The zero-order chi connectivity index (χ0) is 13.9. The Kier molecular flexibility index (Phi) is 4.27. The molecule has 19 heavy (non-hydrogen) atoms. The average Bonchev–Trinajstić information content (AvgIpc) is 2.68. The van der Waals surface area contributed by atoms with Gasteiger partial charge in [0.05, 0.1) is 6.54 Å². The van der Waals surface area contributed by atoms with Crippen molar-refractivity contribution >= 4 is 11.0 Å². The van der Waals surface area contributed by atoms with Gasteiger partial charge in [0.15, 0.2) is 0 Å². The maximum atomic E-state index is 5.82. The van der Waals surface area contributed by atoms with E-state index in [2.05, 4.69) is 50.2 Å². The summed E-state index contributed by atoms with van der Waals surface area (Å²) in [5.41, 5.74) is 1.15. The second kappa shape index (κ2) is 5.76. The number of rotatable bonds is 5. The first-order chi connectivity index (χ1) is 8.94. The summed E-state index contributed by atoms with van der Waals surface area (Å²) in [6.45, 7) is 9.40. The second-order valence-corrected chi connectivity index (χ2v) is 6.17. The third kappa shape index (κ3) is 4.37. The molecule has 0 fully saturated rings. The van der Waals surface area contributed by atoms with Gasteiger partial charge in [-0.15, -0.1) is 0 Å². The van der Waals surface area contributed by atoms with Crippen LogP contribution in [0.25, 0.3) is 11.0 Å². The Morgan fingerprint density at radius 2 is 1.95 bits per heavy atom. The van der Waals surface area contributed by atoms with Crippen LogP contribution in [-0.2, 0) is 6.54 Å². The van der Waals surface area contributed by atoms with Crippen LogP contribution in [0.2, 0.25) is 0 Å². The van der Waals surface area contributed by atoms with Gasteiger partial charge in [-0.3, -0.25) is 4.90 Å². The van der Waals surface area contributed by atoms with E-state index in [0.717, 1.165) is 31.0 Å². The van der Waals surface area contributed by atoms with Crippen molar-refractivity contribution < 1.29 is 4.42 Å². The topological polar surface area (TPSA) is 28.4 Å². The zero-order valence-electron chi connectivity index (χ0n) is 12.4.